The molecule has 0 aliphatic rings. The van der Waals surface area contributed by atoms with Gasteiger partial charge in [-0.15, -0.1) is 0 Å². The molecule has 0 saturated heterocycles. The van der Waals surface area contributed by atoms with E-state index in [2.05, 4.69) is 5.32 Å². The smallest absolute Gasteiger partial charge is 0.243 e. The molecule has 0 fully saturated rings. The number of carbonyl (C=O) groups excluding carboxylic acids is 2. The molecule has 0 aliphatic heterocycles. The first kappa shape index (κ1) is 25.4. The van der Waals surface area contributed by atoms with Crippen molar-refractivity contribution in [3.63, 3.8) is 0 Å². The predicted molar refractivity (Wildman–Crippen MR) is 134 cm³/mol. The number of halogens is 2. The lowest BCUT2D eigenvalue weighted by Crippen LogP contribution is -2.51. The van der Waals surface area contributed by atoms with E-state index in [1.165, 1.54) is 12.1 Å². The fraction of sp³-hybridized carbons (Fsp3) is 0.286. The zero-order chi connectivity index (χ0) is 24.5. The number of benzene rings is 3. The van der Waals surface area contributed by atoms with Gasteiger partial charge in [0.2, 0.25) is 11.8 Å². The van der Waals surface area contributed by atoms with E-state index < -0.39 is 6.04 Å². The lowest BCUT2D eigenvalue weighted by molar-refractivity contribution is -0.140. The van der Waals surface area contributed by atoms with E-state index in [0.717, 1.165) is 16.7 Å². The zero-order valence-electron chi connectivity index (χ0n) is 19.5. The molecule has 3 aromatic rings. The fourth-order valence-corrected chi connectivity index (χ4v) is 3.77. The number of hydrogen-bond acceptors (Lipinski definition) is 2. The minimum Gasteiger partial charge on any atom is -0.354 e. The molecule has 3 aromatic carbocycles. The van der Waals surface area contributed by atoms with E-state index in [1.807, 2.05) is 44.2 Å². The van der Waals surface area contributed by atoms with Gasteiger partial charge < -0.3 is 10.2 Å². The Bertz CT molecular complexity index is 1070. The van der Waals surface area contributed by atoms with E-state index in [1.54, 1.807) is 41.3 Å². The van der Waals surface area contributed by atoms with Crippen molar-refractivity contribution < 1.29 is 14.0 Å². The van der Waals surface area contributed by atoms with Crippen LogP contribution in [-0.2, 0) is 29.0 Å². The van der Waals surface area contributed by atoms with Crippen LogP contribution in [0, 0.1) is 11.7 Å². The monoisotopic (exact) mass is 480 g/mol. The first-order valence-corrected chi connectivity index (χ1v) is 11.8. The van der Waals surface area contributed by atoms with Crippen molar-refractivity contribution >= 4 is 23.4 Å². The number of rotatable bonds is 10. The Hall–Kier alpha value is -3.18. The molecule has 0 aromatic heterocycles. The van der Waals surface area contributed by atoms with Crippen LogP contribution in [0.25, 0.3) is 0 Å². The summed E-state index contributed by atoms with van der Waals surface area (Å²) in [7, 11) is 0. The molecule has 0 spiro atoms. The molecule has 0 bridgehead atoms. The van der Waals surface area contributed by atoms with Gasteiger partial charge in [-0.1, -0.05) is 80.0 Å². The maximum absolute atomic E-state index is 13.6. The number of nitrogens with one attached hydrogen (secondary N) is 1. The van der Waals surface area contributed by atoms with Gasteiger partial charge in [0.25, 0.3) is 0 Å². The molecule has 34 heavy (non-hydrogen) atoms. The summed E-state index contributed by atoms with van der Waals surface area (Å²) in [5.74, 6) is -0.466. The number of nitrogens with zero attached hydrogens (tertiary/aromatic N) is 1. The third-order valence-electron chi connectivity index (χ3n) is 5.49. The third kappa shape index (κ3) is 7.70. The summed E-state index contributed by atoms with van der Waals surface area (Å²) in [5.41, 5.74) is 2.51. The van der Waals surface area contributed by atoms with Crippen molar-refractivity contribution in [3.8, 4) is 0 Å². The van der Waals surface area contributed by atoms with Gasteiger partial charge in [0.1, 0.15) is 11.9 Å². The summed E-state index contributed by atoms with van der Waals surface area (Å²) in [4.78, 5) is 28.5. The Morgan fingerprint density at radius 1 is 0.882 bits per heavy atom. The van der Waals surface area contributed by atoms with Crippen LogP contribution in [0.15, 0.2) is 78.9 Å². The predicted octanol–water partition coefficient (Wildman–Crippen LogP) is 5.43. The molecule has 178 valence electrons. The van der Waals surface area contributed by atoms with Crippen LogP contribution < -0.4 is 5.32 Å². The van der Waals surface area contributed by atoms with Crippen molar-refractivity contribution in [1.82, 2.24) is 10.2 Å². The number of hydrogen-bond donors (Lipinski definition) is 1. The molecule has 1 N–H and O–H groups in total. The van der Waals surface area contributed by atoms with Crippen LogP contribution in [-0.4, -0.2) is 29.3 Å². The molecule has 0 heterocycles. The average molecular weight is 481 g/mol. The van der Waals surface area contributed by atoms with Gasteiger partial charge in [-0.2, -0.15) is 0 Å². The van der Waals surface area contributed by atoms with Crippen molar-refractivity contribution in [2.75, 3.05) is 6.54 Å². The molecule has 6 heteroatoms. The van der Waals surface area contributed by atoms with Crippen LogP contribution in [0.5, 0.6) is 0 Å². The highest BCUT2D eigenvalue weighted by molar-refractivity contribution is 6.30. The Kier molecular flexibility index (Phi) is 9.23. The van der Waals surface area contributed by atoms with Crippen molar-refractivity contribution in [1.29, 1.82) is 0 Å². The van der Waals surface area contributed by atoms with Gasteiger partial charge in [0.15, 0.2) is 0 Å². The van der Waals surface area contributed by atoms with Gasteiger partial charge in [0.05, 0.1) is 6.42 Å². The summed E-state index contributed by atoms with van der Waals surface area (Å²) < 4.78 is 13.5. The SMILES string of the molecule is CC(C)CNC(=O)C(Cc1ccccc1)N(Cc1ccc(F)cc1)C(=O)Cc1ccc(Cl)cc1. The quantitative estimate of drug-likeness (QED) is 0.420. The highest BCUT2D eigenvalue weighted by Gasteiger charge is 2.30. The van der Waals surface area contributed by atoms with E-state index in [0.29, 0.717) is 18.0 Å². The van der Waals surface area contributed by atoms with E-state index >= 15 is 0 Å². The third-order valence-corrected chi connectivity index (χ3v) is 5.74. The van der Waals surface area contributed by atoms with Gasteiger partial charge in [-0.3, -0.25) is 9.59 Å². The summed E-state index contributed by atoms with van der Waals surface area (Å²) in [5, 5.41) is 3.59. The van der Waals surface area contributed by atoms with Crippen molar-refractivity contribution in [2.45, 2.75) is 39.3 Å². The fourth-order valence-electron chi connectivity index (χ4n) is 3.64. The highest BCUT2D eigenvalue weighted by Crippen LogP contribution is 2.18. The molecule has 0 aliphatic carbocycles. The minimum atomic E-state index is -0.717. The normalized spacial score (nSPS) is 11.8. The number of carbonyl (C=O) groups is 2. The Morgan fingerprint density at radius 2 is 1.50 bits per heavy atom. The molecule has 0 saturated carbocycles. The van der Waals surface area contributed by atoms with Gasteiger partial charge in [-0.05, 0) is 46.9 Å². The van der Waals surface area contributed by atoms with Crippen LogP contribution in [0.2, 0.25) is 5.02 Å². The van der Waals surface area contributed by atoms with Crippen LogP contribution >= 0.6 is 11.6 Å². The molecular weight excluding hydrogens is 451 g/mol. The van der Waals surface area contributed by atoms with Crippen molar-refractivity contribution in [2.24, 2.45) is 5.92 Å². The van der Waals surface area contributed by atoms with E-state index in [9.17, 15) is 14.0 Å². The first-order valence-electron chi connectivity index (χ1n) is 11.4. The summed E-state index contributed by atoms with van der Waals surface area (Å²) >= 11 is 5.99. The second kappa shape index (κ2) is 12.3. The van der Waals surface area contributed by atoms with Gasteiger partial charge >= 0.3 is 0 Å². The van der Waals surface area contributed by atoms with E-state index in [4.69, 9.17) is 11.6 Å². The summed E-state index contributed by atoms with van der Waals surface area (Å²) in [6.07, 6.45) is 0.499. The Balaban J connectivity index is 1.93. The van der Waals surface area contributed by atoms with Crippen molar-refractivity contribution in [3.05, 3.63) is 106 Å². The molecular formula is C28H30ClFN2O2. The van der Waals surface area contributed by atoms with Gasteiger partial charge in [0, 0.05) is 24.5 Å². The van der Waals surface area contributed by atoms with Crippen LogP contribution in [0.3, 0.4) is 0 Å². The maximum Gasteiger partial charge on any atom is 0.243 e. The zero-order valence-corrected chi connectivity index (χ0v) is 20.3. The maximum atomic E-state index is 13.6. The van der Waals surface area contributed by atoms with Crippen LogP contribution in [0.1, 0.15) is 30.5 Å². The Morgan fingerprint density at radius 3 is 2.12 bits per heavy atom. The van der Waals surface area contributed by atoms with Crippen LogP contribution in [0.4, 0.5) is 4.39 Å². The highest BCUT2D eigenvalue weighted by atomic mass is 35.5. The molecule has 2 amide bonds. The minimum absolute atomic E-state index is 0.126. The second-order valence-electron chi connectivity index (χ2n) is 8.80. The average Bonchev–Trinajstić information content (AvgIpc) is 2.83. The number of amides is 2. The second-order valence-corrected chi connectivity index (χ2v) is 9.23. The molecule has 4 nitrogen and oxygen atoms in total. The van der Waals surface area contributed by atoms with E-state index in [-0.39, 0.29) is 36.5 Å². The lowest BCUT2D eigenvalue weighted by atomic mass is 10.0. The molecule has 1 atom stereocenters. The largest absolute Gasteiger partial charge is 0.354 e. The molecule has 0 radical (unpaired) electrons. The first-order chi connectivity index (χ1) is 16.3. The molecule has 3 rings (SSSR count). The topological polar surface area (TPSA) is 49.4 Å². The van der Waals surface area contributed by atoms with Gasteiger partial charge in [-0.25, -0.2) is 4.39 Å². The standard InChI is InChI=1S/C28H30ClFN2O2/c1-20(2)18-31-28(34)26(16-21-6-4-3-5-7-21)32(19-23-10-14-25(30)15-11-23)27(33)17-22-8-12-24(29)13-9-22/h3-15,20,26H,16-19H2,1-2H3,(H,31,34). The Labute approximate surface area is 205 Å². The molecule has 1 unspecified atom stereocenters. The summed E-state index contributed by atoms with van der Waals surface area (Å²) in [6, 6.07) is 22.0. The summed E-state index contributed by atoms with van der Waals surface area (Å²) in [6.45, 7) is 4.75. The lowest BCUT2D eigenvalue weighted by Gasteiger charge is -2.32.